The van der Waals surface area contributed by atoms with Gasteiger partial charge in [-0.1, -0.05) is 54.6 Å². The molecular formula is C27H28FN3O3S. The Morgan fingerprint density at radius 1 is 1.20 bits per heavy atom. The van der Waals surface area contributed by atoms with E-state index < -0.39 is 12.0 Å². The van der Waals surface area contributed by atoms with Crippen LogP contribution in [0.4, 0.5) is 4.39 Å². The lowest BCUT2D eigenvalue weighted by molar-refractivity contribution is -0.136. The van der Waals surface area contributed by atoms with Crippen molar-refractivity contribution in [2.75, 3.05) is 7.11 Å². The maximum atomic E-state index is 13.5. The van der Waals surface area contributed by atoms with Crippen molar-refractivity contribution in [2.45, 2.75) is 46.2 Å². The second-order valence-corrected chi connectivity index (χ2v) is 9.38. The second-order valence-electron chi connectivity index (χ2n) is 8.54. The Kier molecular flexibility index (Phi) is 7.40. The van der Waals surface area contributed by atoms with Crippen LogP contribution in [0.15, 0.2) is 69.8 Å². The van der Waals surface area contributed by atoms with Gasteiger partial charge in [0.05, 0.1) is 30.8 Å². The maximum Gasteiger partial charge on any atom is 0.338 e. The van der Waals surface area contributed by atoms with Crippen molar-refractivity contribution in [1.82, 2.24) is 10.2 Å². The van der Waals surface area contributed by atoms with Crippen LogP contribution in [-0.2, 0) is 20.9 Å². The van der Waals surface area contributed by atoms with Gasteiger partial charge >= 0.3 is 5.97 Å². The lowest BCUT2D eigenvalue weighted by Crippen LogP contribution is -2.38. The highest BCUT2D eigenvalue weighted by Gasteiger charge is 2.42. The number of esters is 1. The van der Waals surface area contributed by atoms with Crippen LogP contribution in [-0.4, -0.2) is 29.1 Å². The van der Waals surface area contributed by atoms with Gasteiger partial charge in [0.15, 0.2) is 5.17 Å². The monoisotopic (exact) mass is 493 g/mol. The number of amides is 1. The fraction of sp³-hybridized carbons (Fsp3) is 0.296. The zero-order valence-corrected chi connectivity index (χ0v) is 21.0. The van der Waals surface area contributed by atoms with Crippen molar-refractivity contribution in [2.24, 2.45) is 4.99 Å². The summed E-state index contributed by atoms with van der Waals surface area (Å²) in [7, 11) is 1.37. The second kappa shape index (κ2) is 10.5. The number of fused-ring (bicyclic) bond motifs is 1. The number of benzene rings is 2. The minimum Gasteiger partial charge on any atom is -0.466 e. The number of aliphatic imine (C=N–C) groups is 1. The van der Waals surface area contributed by atoms with E-state index in [-0.39, 0.29) is 24.7 Å². The lowest BCUT2D eigenvalue weighted by Gasteiger charge is -2.37. The van der Waals surface area contributed by atoms with Crippen molar-refractivity contribution in [3.63, 3.8) is 0 Å². The predicted molar refractivity (Wildman–Crippen MR) is 136 cm³/mol. The van der Waals surface area contributed by atoms with Crippen LogP contribution in [0.1, 0.15) is 48.1 Å². The smallest absolute Gasteiger partial charge is 0.338 e. The van der Waals surface area contributed by atoms with Crippen LogP contribution < -0.4 is 5.32 Å². The summed E-state index contributed by atoms with van der Waals surface area (Å²) < 4.78 is 18.7. The van der Waals surface area contributed by atoms with E-state index in [1.54, 1.807) is 12.1 Å². The highest BCUT2D eigenvalue weighted by Crippen LogP contribution is 2.46. The first kappa shape index (κ1) is 24.7. The van der Waals surface area contributed by atoms with E-state index in [4.69, 9.17) is 9.73 Å². The molecule has 182 valence electrons. The molecule has 1 atom stereocenters. The SMILES string of the molecule is CCC1=C(C(=O)OC)C(c2cc(C)ccc2C)N2C(CC(=O)NCc3cccc(F)c3)=CSC2=N1. The summed E-state index contributed by atoms with van der Waals surface area (Å²) >= 11 is 1.44. The number of carbonyl (C=O) groups is 2. The number of carbonyl (C=O) groups excluding carboxylic acids is 2. The first-order valence-electron chi connectivity index (χ1n) is 11.5. The van der Waals surface area contributed by atoms with E-state index >= 15 is 0 Å². The van der Waals surface area contributed by atoms with Gasteiger partial charge in [-0.05, 0) is 54.5 Å². The van der Waals surface area contributed by atoms with Gasteiger partial charge in [0.25, 0.3) is 0 Å². The summed E-state index contributed by atoms with van der Waals surface area (Å²) in [4.78, 5) is 32.6. The van der Waals surface area contributed by atoms with Crippen LogP contribution in [0.25, 0.3) is 0 Å². The molecule has 0 fully saturated rings. The van der Waals surface area contributed by atoms with Gasteiger partial charge in [0.1, 0.15) is 5.82 Å². The summed E-state index contributed by atoms with van der Waals surface area (Å²) in [6, 6.07) is 11.8. The summed E-state index contributed by atoms with van der Waals surface area (Å²) in [5.74, 6) is -0.972. The van der Waals surface area contributed by atoms with Crippen molar-refractivity contribution in [3.8, 4) is 0 Å². The Hall–Kier alpha value is -3.39. The van der Waals surface area contributed by atoms with Gasteiger partial charge in [-0.25, -0.2) is 14.2 Å². The molecule has 4 rings (SSSR count). The number of hydrogen-bond acceptors (Lipinski definition) is 6. The minimum absolute atomic E-state index is 0.0958. The Morgan fingerprint density at radius 2 is 2.00 bits per heavy atom. The molecule has 1 amide bonds. The first-order chi connectivity index (χ1) is 16.8. The first-order valence-corrected chi connectivity index (χ1v) is 12.3. The maximum absolute atomic E-state index is 13.5. The molecule has 0 aliphatic carbocycles. The molecule has 0 radical (unpaired) electrons. The zero-order valence-electron chi connectivity index (χ0n) is 20.2. The molecule has 2 heterocycles. The molecule has 8 heteroatoms. The van der Waals surface area contributed by atoms with E-state index in [1.165, 1.54) is 31.0 Å². The largest absolute Gasteiger partial charge is 0.466 e. The number of rotatable bonds is 7. The average molecular weight is 494 g/mol. The lowest BCUT2D eigenvalue weighted by atomic mass is 9.89. The summed E-state index contributed by atoms with van der Waals surface area (Å²) in [6.07, 6.45) is 0.672. The Morgan fingerprint density at radius 3 is 2.71 bits per heavy atom. The molecule has 0 bridgehead atoms. The third-order valence-electron chi connectivity index (χ3n) is 6.08. The molecule has 0 saturated carbocycles. The Labute approximate surface area is 209 Å². The topological polar surface area (TPSA) is 71.0 Å². The molecule has 0 aromatic heterocycles. The van der Waals surface area contributed by atoms with Gasteiger partial charge in [0, 0.05) is 12.2 Å². The number of aryl methyl sites for hydroxylation is 2. The van der Waals surface area contributed by atoms with Crippen LogP contribution >= 0.6 is 11.8 Å². The van der Waals surface area contributed by atoms with E-state index in [0.717, 1.165) is 27.6 Å². The van der Waals surface area contributed by atoms with Crippen molar-refractivity contribution in [3.05, 3.63) is 92.9 Å². The predicted octanol–water partition coefficient (Wildman–Crippen LogP) is 5.29. The van der Waals surface area contributed by atoms with Crippen molar-refractivity contribution < 1.29 is 18.7 Å². The minimum atomic E-state index is -0.456. The van der Waals surface area contributed by atoms with Crippen molar-refractivity contribution >= 4 is 28.8 Å². The summed E-state index contributed by atoms with van der Waals surface area (Å²) in [5.41, 5.74) is 5.68. The Bertz CT molecular complexity index is 1270. The number of nitrogens with zero attached hydrogens (tertiary/aromatic N) is 2. The number of halogens is 1. The van der Waals surface area contributed by atoms with E-state index in [1.807, 2.05) is 43.2 Å². The summed E-state index contributed by atoms with van der Waals surface area (Å²) in [5, 5.41) is 5.50. The molecule has 0 saturated heterocycles. The number of thioether (sulfide) groups is 1. The molecular weight excluding hydrogens is 465 g/mol. The molecule has 1 N–H and O–H groups in total. The molecule has 0 spiro atoms. The average Bonchev–Trinajstić information content (AvgIpc) is 3.24. The number of methoxy groups -OCH3 is 1. The molecule has 1 unspecified atom stereocenters. The van der Waals surface area contributed by atoms with E-state index in [2.05, 4.69) is 11.4 Å². The van der Waals surface area contributed by atoms with Gasteiger partial charge in [-0.2, -0.15) is 0 Å². The molecule has 2 aliphatic rings. The van der Waals surface area contributed by atoms with Crippen LogP contribution in [0.5, 0.6) is 0 Å². The van der Waals surface area contributed by atoms with Gasteiger partial charge in [0.2, 0.25) is 5.91 Å². The molecule has 6 nitrogen and oxygen atoms in total. The number of allylic oxidation sites excluding steroid dienone is 1. The number of hydrogen-bond donors (Lipinski definition) is 1. The van der Waals surface area contributed by atoms with Crippen LogP contribution in [0.3, 0.4) is 0 Å². The van der Waals surface area contributed by atoms with Crippen molar-refractivity contribution in [1.29, 1.82) is 0 Å². The highest BCUT2D eigenvalue weighted by atomic mass is 32.2. The van der Waals surface area contributed by atoms with E-state index in [0.29, 0.717) is 23.3 Å². The number of nitrogens with one attached hydrogen (secondary N) is 1. The molecule has 2 aliphatic heterocycles. The fourth-order valence-corrected chi connectivity index (χ4v) is 5.27. The third kappa shape index (κ3) is 5.17. The molecule has 35 heavy (non-hydrogen) atoms. The normalized spacial score (nSPS) is 17.1. The third-order valence-corrected chi connectivity index (χ3v) is 6.97. The van der Waals surface area contributed by atoms with Crippen LogP contribution in [0.2, 0.25) is 0 Å². The Balaban J connectivity index is 1.66. The quantitative estimate of drug-likeness (QED) is 0.531. The highest BCUT2D eigenvalue weighted by molar-refractivity contribution is 8.16. The van der Waals surface area contributed by atoms with Gasteiger partial charge in [-0.15, -0.1) is 0 Å². The van der Waals surface area contributed by atoms with E-state index in [9.17, 15) is 14.0 Å². The molecule has 2 aromatic rings. The molecule has 2 aromatic carbocycles. The fourth-order valence-electron chi connectivity index (χ4n) is 4.34. The zero-order chi connectivity index (χ0) is 25.1. The van der Waals surface area contributed by atoms with Gasteiger partial charge in [-0.3, -0.25) is 4.79 Å². The standard InChI is InChI=1S/C27H28FN3O3S/c1-5-22-24(26(33)34-4)25(21-11-16(2)9-10-17(21)3)31-20(15-35-27(31)30-22)13-23(32)29-14-18-7-6-8-19(28)12-18/h6-12,15,25H,5,13-14H2,1-4H3,(H,29,32). The number of ether oxygens (including phenoxy) is 1. The van der Waals surface area contributed by atoms with Gasteiger partial charge < -0.3 is 15.0 Å². The number of amidine groups is 1. The van der Waals surface area contributed by atoms with Crippen LogP contribution in [0, 0.1) is 19.7 Å². The summed E-state index contributed by atoms with van der Waals surface area (Å²) in [6.45, 7) is 6.22.